The van der Waals surface area contributed by atoms with Gasteiger partial charge in [0.05, 0.1) is 7.11 Å². The first-order chi connectivity index (χ1) is 9.24. The van der Waals surface area contributed by atoms with E-state index in [0.29, 0.717) is 5.92 Å². The van der Waals surface area contributed by atoms with E-state index in [4.69, 9.17) is 10.5 Å². The summed E-state index contributed by atoms with van der Waals surface area (Å²) in [5.41, 5.74) is 7.32. The van der Waals surface area contributed by atoms with Crippen LogP contribution in [0.5, 0.6) is 0 Å². The largest absolute Gasteiger partial charge is 0.468 e. The minimum Gasteiger partial charge on any atom is -0.468 e. The molecule has 0 radical (unpaired) electrons. The van der Waals surface area contributed by atoms with Crippen LogP contribution >= 0.6 is 12.4 Å². The zero-order chi connectivity index (χ0) is 13.7. The van der Waals surface area contributed by atoms with Gasteiger partial charge in [-0.2, -0.15) is 0 Å². The quantitative estimate of drug-likeness (QED) is 0.868. The molecule has 1 aliphatic carbocycles. The van der Waals surface area contributed by atoms with Crippen molar-refractivity contribution >= 4 is 18.4 Å². The van der Waals surface area contributed by atoms with Gasteiger partial charge >= 0.3 is 5.97 Å². The van der Waals surface area contributed by atoms with E-state index in [1.807, 2.05) is 18.2 Å². The number of rotatable bonds is 4. The van der Waals surface area contributed by atoms with Gasteiger partial charge in [-0.05, 0) is 24.3 Å². The number of benzene rings is 1. The number of methoxy groups -OCH3 is 1. The molecule has 1 aromatic rings. The zero-order valence-corrected chi connectivity index (χ0v) is 12.8. The molecule has 1 aliphatic rings. The normalized spacial score (nSPS) is 18.7. The van der Waals surface area contributed by atoms with E-state index in [9.17, 15) is 4.79 Å². The summed E-state index contributed by atoms with van der Waals surface area (Å²) >= 11 is 0. The molecule has 0 spiro atoms. The molecular formula is C16H24ClNO2. The number of esters is 1. The lowest BCUT2D eigenvalue weighted by atomic mass is 9.73. The molecule has 0 heterocycles. The van der Waals surface area contributed by atoms with E-state index in [1.165, 1.54) is 26.4 Å². The first-order valence-electron chi connectivity index (χ1n) is 7.12. The highest BCUT2D eigenvalue weighted by Crippen LogP contribution is 2.37. The molecule has 2 rings (SSSR count). The first-order valence-corrected chi connectivity index (χ1v) is 7.12. The van der Waals surface area contributed by atoms with E-state index in [-0.39, 0.29) is 24.3 Å². The van der Waals surface area contributed by atoms with Crippen molar-refractivity contribution in [3.63, 3.8) is 0 Å². The maximum Gasteiger partial charge on any atom is 0.323 e. The first kappa shape index (κ1) is 17.0. The van der Waals surface area contributed by atoms with Crippen LogP contribution in [0, 0.1) is 5.92 Å². The van der Waals surface area contributed by atoms with Crippen LogP contribution in [0.15, 0.2) is 30.3 Å². The summed E-state index contributed by atoms with van der Waals surface area (Å²) < 4.78 is 4.84. The van der Waals surface area contributed by atoms with Crippen molar-refractivity contribution in [2.24, 2.45) is 11.7 Å². The predicted octanol–water partition coefficient (Wildman–Crippen LogP) is 3.27. The number of hydrogen-bond acceptors (Lipinski definition) is 3. The van der Waals surface area contributed by atoms with Crippen molar-refractivity contribution in [1.29, 1.82) is 0 Å². The van der Waals surface area contributed by atoms with E-state index >= 15 is 0 Å². The number of hydrogen-bond donors (Lipinski definition) is 1. The Hall–Kier alpha value is -1.06. The fourth-order valence-electron chi connectivity index (χ4n) is 3.22. The van der Waals surface area contributed by atoms with Crippen molar-refractivity contribution in [2.75, 3.05) is 7.11 Å². The Morgan fingerprint density at radius 2 is 1.80 bits per heavy atom. The maximum absolute atomic E-state index is 11.8. The van der Waals surface area contributed by atoms with Crippen LogP contribution < -0.4 is 5.73 Å². The second-order valence-corrected chi connectivity index (χ2v) is 5.38. The summed E-state index contributed by atoms with van der Waals surface area (Å²) in [6.45, 7) is 0. The maximum atomic E-state index is 11.8. The van der Waals surface area contributed by atoms with Gasteiger partial charge in [-0.3, -0.25) is 4.79 Å². The van der Waals surface area contributed by atoms with Crippen LogP contribution in [-0.4, -0.2) is 19.1 Å². The number of carbonyl (C=O) groups is 1. The molecule has 0 saturated heterocycles. The molecule has 1 aromatic carbocycles. The molecule has 0 aromatic heterocycles. The fraction of sp³-hybridized carbons (Fsp3) is 0.562. The molecule has 2 N–H and O–H groups in total. The van der Waals surface area contributed by atoms with Crippen LogP contribution in [0.2, 0.25) is 0 Å². The van der Waals surface area contributed by atoms with Gasteiger partial charge < -0.3 is 10.5 Å². The Morgan fingerprint density at radius 1 is 1.20 bits per heavy atom. The van der Waals surface area contributed by atoms with Gasteiger partial charge in [0.25, 0.3) is 0 Å². The minimum absolute atomic E-state index is 0. The molecule has 1 fully saturated rings. The lowest BCUT2D eigenvalue weighted by Crippen LogP contribution is -2.41. The molecule has 2 atom stereocenters. The number of ether oxygens (including phenoxy) is 1. The molecular weight excluding hydrogens is 274 g/mol. The minimum atomic E-state index is -0.560. The molecule has 4 heteroatoms. The van der Waals surface area contributed by atoms with E-state index in [1.54, 1.807) is 0 Å². The van der Waals surface area contributed by atoms with Crippen molar-refractivity contribution in [2.45, 2.75) is 44.1 Å². The molecule has 3 nitrogen and oxygen atoms in total. The molecule has 1 saturated carbocycles. The predicted molar refractivity (Wildman–Crippen MR) is 83.0 cm³/mol. The Bertz CT molecular complexity index is 404. The lowest BCUT2D eigenvalue weighted by Gasteiger charge is -2.33. The summed E-state index contributed by atoms with van der Waals surface area (Å²) in [4.78, 5) is 11.8. The highest BCUT2D eigenvalue weighted by Gasteiger charge is 2.34. The lowest BCUT2D eigenvalue weighted by molar-refractivity contribution is -0.143. The van der Waals surface area contributed by atoms with Crippen LogP contribution in [0.4, 0.5) is 0 Å². The molecule has 0 aliphatic heterocycles. The van der Waals surface area contributed by atoms with Crippen LogP contribution in [-0.2, 0) is 9.53 Å². The zero-order valence-electron chi connectivity index (χ0n) is 12.0. The summed E-state index contributed by atoms with van der Waals surface area (Å²) in [6, 6.07) is 9.59. The summed E-state index contributed by atoms with van der Waals surface area (Å²) in [5.74, 6) is 0.263. The van der Waals surface area contributed by atoms with Gasteiger partial charge in [0.1, 0.15) is 6.04 Å². The smallest absolute Gasteiger partial charge is 0.323 e. The SMILES string of the molecule is COC(=O)[C@@H](N)C(c1ccccc1)C1CCCCC1.Cl. The summed E-state index contributed by atoms with van der Waals surface area (Å²) in [6.07, 6.45) is 6.09. The average Bonchev–Trinajstić information content (AvgIpc) is 2.49. The second-order valence-electron chi connectivity index (χ2n) is 5.38. The van der Waals surface area contributed by atoms with Crippen molar-refractivity contribution in [3.05, 3.63) is 35.9 Å². The Labute approximate surface area is 127 Å². The van der Waals surface area contributed by atoms with Gasteiger partial charge in [0.2, 0.25) is 0 Å². The van der Waals surface area contributed by atoms with E-state index in [0.717, 1.165) is 18.4 Å². The molecule has 20 heavy (non-hydrogen) atoms. The fourth-order valence-corrected chi connectivity index (χ4v) is 3.22. The van der Waals surface area contributed by atoms with E-state index in [2.05, 4.69) is 12.1 Å². The van der Waals surface area contributed by atoms with Gasteiger partial charge in [-0.25, -0.2) is 0 Å². The third-order valence-electron chi connectivity index (χ3n) is 4.20. The third kappa shape index (κ3) is 3.97. The highest BCUT2D eigenvalue weighted by molar-refractivity contribution is 5.85. The summed E-state index contributed by atoms with van der Waals surface area (Å²) in [7, 11) is 1.41. The van der Waals surface area contributed by atoms with Crippen molar-refractivity contribution in [3.8, 4) is 0 Å². The van der Waals surface area contributed by atoms with Gasteiger partial charge in [-0.1, -0.05) is 49.6 Å². The van der Waals surface area contributed by atoms with Gasteiger partial charge in [-0.15, -0.1) is 12.4 Å². The number of carbonyl (C=O) groups excluding carboxylic acids is 1. The Balaban J connectivity index is 0.00000200. The topological polar surface area (TPSA) is 52.3 Å². The summed E-state index contributed by atoms with van der Waals surface area (Å²) in [5, 5.41) is 0. The second kappa shape index (κ2) is 8.28. The molecule has 0 amide bonds. The third-order valence-corrected chi connectivity index (χ3v) is 4.20. The number of nitrogens with two attached hydrogens (primary N) is 1. The van der Waals surface area contributed by atoms with Gasteiger partial charge in [0.15, 0.2) is 0 Å². The number of halogens is 1. The molecule has 1 unspecified atom stereocenters. The Morgan fingerprint density at radius 3 is 2.35 bits per heavy atom. The van der Waals surface area contributed by atoms with Crippen molar-refractivity contribution in [1.82, 2.24) is 0 Å². The molecule has 112 valence electrons. The standard InChI is InChI=1S/C16H23NO2.ClH/c1-19-16(18)15(17)14(12-8-4-2-5-9-12)13-10-6-3-7-11-13;/h2,4-5,8-9,13-15H,3,6-7,10-11,17H2,1H3;1H/t14?,15-;/m0./s1. The Kier molecular flexibility index (Phi) is 7.03. The van der Waals surface area contributed by atoms with Crippen LogP contribution in [0.3, 0.4) is 0 Å². The average molecular weight is 298 g/mol. The van der Waals surface area contributed by atoms with Crippen molar-refractivity contribution < 1.29 is 9.53 Å². The monoisotopic (exact) mass is 297 g/mol. The highest BCUT2D eigenvalue weighted by atomic mass is 35.5. The van der Waals surface area contributed by atoms with Crippen LogP contribution in [0.1, 0.15) is 43.6 Å². The van der Waals surface area contributed by atoms with Gasteiger partial charge in [0, 0.05) is 5.92 Å². The molecule has 0 bridgehead atoms. The van der Waals surface area contributed by atoms with E-state index < -0.39 is 6.04 Å². The van der Waals surface area contributed by atoms with Crippen LogP contribution in [0.25, 0.3) is 0 Å².